The zero-order valence-electron chi connectivity index (χ0n) is 13.7. The highest BCUT2D eigenvalue weighted by atomic mass is 127. The summed E-state index contributed by atoms with van der Waals surface area (Å²) in [4.78, 5) is 23.2. The molecule has 0 heterocycles. The second kappa shape index (κ2) is 9.11. The normalized spacial score (nSPS) is 11.0. The van der Waals surface area contributed by atoms with Gasteiger partial charge in [0.1, 0.15) is 5.75 Å². The number of rotatable bonds is 5. The lowest BCUT2D eigenvalue weighted by atomic mass is 10.1. The van der Waals surface area contributed by atoms with Gasteiger partial charge < -0.3 is 5.11 Å². The number of carbonyl (C=O) groups excluding carboxylic acids is 2. The first kappa shape index (κ1) is 19.6. The van der Waals surface area contributed by atoms with Crippen LogP contribution in [0.5, 0.6) is 5.75 Å². The van der Waals surface area contributed by atoms with Gasteiger partial charge in [-0.3, -0.25) is 14.8 Å². The van der Waals surface area contributed by atoms with E-state index in [-0.39, 0.29) is 5.75 Å². The Kier molecular flexibility index (Phi) is 6.87. The van der Waals surface area contributed by atoms with E-state index >= 15 is 0 Å². The number of aromatic hydroxyl groups is 1. The molecule has 2 rings (SSSR count). The molecule has 0 bridgehead atoms. The van der Waals surface area contributed by atoms with Crippen LogP contribution in [0.4, 0.5) is 0 Å². The molecule has 134 valence electrons. The SMILES string of the molecule is Cc1cc(I)cc(/C=N\NC(=O)c2cccc(/C=C/C(=O)NO)c2)c1O. The van der Waals surface area contributed by atoms with E-state index in [0.717, 1.165) is 15.2 Å². The molecule has 8 heteroatoms. The summed E-state index contributed by atoms with van der Waals surface area (Å²) in [6, 6.07) is 10.1. The molecule has 0 atom stereocenters. The van der Waals surface area contributed by atoms with E-state index in [4.69, 9.17) is 5.21 Å². The van der Waals surface area contributed by atoms with Crippen molar-refractivity contribution < 1.29 is 19.9 Å². The summed E-state index contributed by atoms with van der Waals surface area (Å²) in [5.41, 5.74) is 6.05. The van der Waals surface area contributed by atoms with Crippen LogP contribution in [0.2, 0.25) is 0 Å². The fourth-order valence-electron chi connectivity index (χ4n) is 2.08. The molecule has 0 fully saturated rings. The van der Waals surface area contributed by atoms with E-state index in [2.05, 4.69) is 33.1 Å². The summed E-state index contributed by atoms with van der Waals surface area (Å²) in [7, 11) is 0. The van der Waals surface area contributed by atoms with Gasteiger partial charge in [0.15, 0.2) is 0 Å². The molecule has 2 amide bonds. The first-order chi connectivity index (χ1) is 12.4. The van der Waals surface area contributed by atoms with Crippen LogP contribution in [0.1, 0.15) is 27.0 Å². The number of hydrazone groups is 1. The molecule has 2 aromatic rings. The molecular formula is C18H16IN3O4. The van der Waals surface area contributed by atoms with Gasteiger partial charge in [0.05, 0.1) is 6.21 Å². The van der Waals surface area contributed by atoms with Crippen molar-refractivity contribution in [1.82, 2.24) is 10.9 Å². The number of nitrogens with zero attached hydrogens (tertiary/aromatic N) is 1. The highest BCUT2D eigenvalue weighted by Gasteiger charge is 2.06. The van der Waals surface area contributed by atoms with Gasteiger partial charge in [-0.05, 0) is 71.0 Å². The Morgan fingerprint density at radius 3 is 2.73 bits per heavy atom. The van der Waals surface area contributed by atoms with E-state index in [1.165, 1.54) is 17.8 Å². The third-order valence-corrected chi connectivity index (χ3v) is 3.97. The first-order valence-corrected chi connectivity index (χ1v) is 8.53. The summed E-state index contributed by atoms with van der Waals surface area (Å²) in [5, 5.41) is 22.3. The number of phenolic OH excluding ortho intramolecular Hbond substituents is 1. The largest absolute Gasteiger partial charge is 0.507 e. The van der Waals surface area contributed by atoms with Crippen molar-refractivity contribution in [1.29, 1.82) is 0 Å². The van der Waals surface area contributed by atoms with Crippen molar-refractivity contribution in [2.75, 3.05) is 0 Å². The Bertz CT molecular complexity index is 894. The highest BCUT2D eigenvalue weighted by Crippen LogP contribution is 2.23. The minimum atomic E-state index is -0.669. The number of hydrogen-bond acceptors (Lipinski definition) is 5. The van der Waals surface area contributed by atoms with Gasteiger partial charge in [0.25, 0.3) is 11.8 Å². The lowest BCUT2D eigenvalue weighted by molar-refractivity contribution is -0.124. The van der Waals surface area contributed by atoms with E-state index < -0.39 is 11.8 Å². The standard InChI is InChI=1S/C18H16IN3O4/c1-11-7-15(19)9-14(17(11)24)10-20-21-18(25)13-4-2-3-12(8-13)5-6-16(23)22-26/h2-10,24,26H,1H3,(H,21,25)(H,22,23)/b6-5+,20-10-. The second-order valence-electron chi connectivity index (χ2n) is 5.29. The number of benzene rings is 2. The predicted molar refractivity (Wildman–Crippen MR) is 106 cm³/mol. The Balaban J connectivity index is 2.09. The maximum Gasteiger partial charge on any atom is 0.271 e. The zero-order valence-corrected chi connectivity index (χ0v) is 15.9. The van der Waals surface area contributed by atoms with E-state index in [0.29, 0.717) is 16.7 Å². The van der Waals surface area contributed by atoms with Crippen LogP contribution < -0.4 is 10.9 Å². The minimum Gasteiger partial charge on any atom is -0.507 e. The van der Waals surface area contributed by atoms with Gasteiger partial charge in [0.2, 0.25) is 0 Å². The van der Waals surface area contributed by atoms with Crippen LogP contribution in [0, 0.1) is 10.5 Å². The molecule has 0 spiro atoms. The van der Waals surface area contributed by atoms with Crippen molar-refractivity contribution in [3.8, 4) is 5.75 Å². The van der Waals surface area contributed by atoms with Crippen molar-refractivity contribution in [2.45, 2.75) is 6.92 Å². The number of amides is 2. The molecule has 4 N–H and O–H groups in total. The van der Waals surface area contributed by atoms with Crippen molar-refractivity contribution in [3.63, 3.8) is 0 Å². The minimum absolute atomic E-state index is 0.109. The van der Waals surface area contributed by atoms with Gasteiger partial charge in [-0.1, -0.05) is 12.1 Å². The molecule has 0 saturated carbocycles. The van der Waals surface area contributed by atoms with E-state index in [1.807, 2.05) is 6.07 Å². The molecule has 2 aromatic carbocycles. The van der Waals surface area contributed by atoms with Gasteiger partial charge in [-0.25, -0.2) is 10.9 Å². The average Bonchev–Trinajstić information content (AvgIpc) is 2.63. The number of phenols is 1. The number of aryl methyl sites for hydroxylation is 1. The third-order valence-electron chi connectivity index (χ3n) is 3.35. The predicted octanol–water partition coefficient (Wildman–Crippen LogP) is 2.59. The third kappa shape index (κ3) is 5.39. The topological polar surface area (TPSA) is 111 Å². The highest BCUT2D eigenvalue weighted by molar-refractivity contribution is 14.1. The van der Waals surface area contributed by atoms with Crippen LogP contribution in [-0.2, 0) is 4.79 Å². The number of hydrogen-bond donors (Lipinski definition) is 4. The molecule has 0 unspecified atom stereocenters. The van der Waals surface area contributed by atoms with Crippen molar-refractivity contribution in [2.24, 2.45) is 5.10 Å². The Morgan fingerprint density at radius 1 is 1.23 bits per heavy atom. The zero-order chi connectivity index (χ0) is 19.1. The van der Waals surface area contributed by atoms with Crippen LogP contribution >= 0.6 is 22.6 Å². The van der Waals surface area contributed by atoms with Crippen molar-refractivity contribution >= 4 is 46.7 Å². The second-order valence-corrected chi connectivity index (χ2v) is 6.54. The van der Waals surface area contributed by atoms with E-state index in [9.17, 15) is 14.7 Å². The maximum absolute atomic E-state index is 12.2. The van der Waals surface area contributed by atoms with E-state index in [1.54, 1.807) is 37.3 Å². The number of halogens is 1. The summed E-state index contributed by atoms with van der Waals surface area (Å²) >= 11 is 2.13. The molecule has 0 aliphatic heterocycles. The molecule has 7 nitrogen and oxygen atoms in total. The average molecular weight is 465 g/mol. The number of nitrogens with one attached hydrogen (secondary N) is 2. The Labute approximate surface area is 163 Å². The van der Waals surface area contributed by atoms with Gasteiger partial charge in [-0.2, -0.15) is 5.10 Å². The van der Waals surface area contributed by atoms with Gasteiger partial charge in [-0.15, -0.1) is 0 Å². The van der Waals surface area contributed by atoms with Crippen LogP contribution in [-0.4, -0.2) is 28.3 Å². The Hall–Kier alpha value is -2.72. The van der Waals surface area contributed by atoms with Crippen LogP contribution in [0.15, 0.2) is 47.6 Å². The molecule has 0 aliphatic rings. The van der Waals surface area contributed by atoms with Gasteiger partial charge in [0, 0.05) is 20.8 Å². The van der Waals surface area contributed by atoms with Gasteiger partial charge >= 0.3 is 0 Å². The summed E-state index contributed by atoms with van der Waals surface area (Å²) < 4.78 is 0.942. The van der Waals surface area contributed by atoms with Crippen molar-refractivity contribution in [3.05, 3.63) is 68.3 Å². The van der Waals surface area contributed by atoms with Crippen LogP contribution in [0.25, 0.3) is 6.08 Å². The first-order valence-electron chi connectivity index (χ1n) is 7.45. The monoisotopic (exact) mass is 465 g/mol. The molecular weight excluding hydrogens is 449 g/mol. The maximum atomic E-state index is 12.2. The fourth-order valence-corrected chi connectivity index (χ4v) is 2.88. The fraction of sp³-hybridized carbons (Fsp3) is 0.0556. The molecule has 0 aliphatic carbocycles. The molecule has 0 radical (unpaired) electrons. The quantitative estimate of drug-likeness (QED) is 0.179. The smallest absolute Gasteiger partial charge is 0.271 e. The number of hydroxylamine groups is 1. The molecule has 26 heavy (non-hydrogen) atoms. The lowest BCUT2D eigenvalue weighted by Gasteiger charge is -2.04. The number of carbonyl (C=O) groups is 2. The summed E-state index contributed by atoms with van der Waals surface area (Å²) in [6.07, 6.45) is 3.97. The summed E-state index contributed by atoms with van der Waals surface area (Å²) in [5.74, 6) is -1.00. The van der Waals surface area contributed by atoms with Crippen LogP contribution in [0.3, 0.4) is 0 Å². The Morgan fingerprint density at radius 2 is 2.00 bits per heavy atom. The molecule has 0 saturated heterocycles. The molecule has 0 aromatic heterocycles. The summed E-state index contributed by atoms with van der Waals surface area (Å²) in [6.45, 7) is 1.78. The lowest BCUT2D eigenvalue weighted by Crippen LogP contribution is -2.17.